The van der Waals surface area contributed by atoms with Crippen molar-refractivity contribution < 1.29 is 9.59 Å². The van der Waals surface area contributed by atoms with Gasteiger partial charge in [0.05, 0.1) is 5.75 Å². The molecule has 15 heavy (non-hydrogen) atoms. The van der Waals surface area contributed by atoms with Crippen LogP contribution in [0.25, 0.3) is 0 Å². The highest BCUT2D eigenvalue weighted by Crippen LogP contribution is 2.30. The molecule has 1 fully saturated rings. The van der Waals surface area contributed by atoms with Crippen molar-refractivity contribution in [1.29, 1.82) is 0 Å². The van der Waals surface area contributed by atoms with E-state index in [2.05, 4.69) is 36.7 Å². The van der Waals surface area contributed by atoms with Crippen molar-refractivity contribution >= 4 is 38.8 Å². The third-order valence-electron chi connectivity index (χ3n) is 2.65. The number of rotatable bonds is 3. The fourth-order valence-electron chi connectivity index (χ4n) is 1.33. The molecule has 1 saturated heterocycles. The summed E-state index contributed by atoms with van der Waals surface area (Å²) in [7, 11) is 0. The van der Waals surface area contributed by atoms with Gasteiger partial charge in [-0.1, -0.05) is 48.5 Å². The zero-order valence-corrected chi connectivity index (χ0v) is 11.7. The average molecular weight is 294 g/mol. The first-order chi connectivity index (χ1) is 6.86. The van der Waals surface area contributed by atoms with Gasteiger partial charge in [0.25, 0.3) is 5.24 Å². The Balaban J connectivity index is 2.67. The molecule has 1 heterocycles. The van der Waals surface area contributed by atoms with Crippen LogP contribution < -0.4 is 0 Å². The van der Waals surface area contributed by atoms with E-state index in [1.165, 1.54) is 4.90 Å². The summed E-state index contributed by atoms with van der Waals surface area (Å²) >= 11 is 4.54. The van der Waals surface area contributed by atoms with Gasteiger partial charge in [0, 0.05) is 11.9 Å². The van der Waals surface area contributed by atoms with Crippen LogP contribution in [0.2, 0.25) is 0 Å². The molecule has 0 aromatic heterocycles. The number of imide groups is 1. The highest BCUT2D eigenvalue weighted by atomic mass is 79.9. The Morgan fingerprint density at radius 1 is 1.47 bits per heavy atom. The van der Waals surface area contributed by atoms with Gasteiger partial charge in [-0.25, -0.2) is 0 Å². The number of hydrogen-bond donors (Lipinski definition) is 0. The highest BCUT2D eigenvalue weighted by Gasteiger charge is 2.34. The van der Waals surface area contributed by atoms with Crippen LogP contribution in [0.15, 0.2) is 0 Å². The topological polar surface area (TPSA) is 37.4 Å². The highest BCUT2D eigenvalue weighted by molar-refractivity contribution is 9.09. The Morgan fingerprint density at radius 3 is 2.40 bits per heavy atom. The van der Waals surface area contributed by atoms with Gasteiger partial charge in [0.1, 0.15) is 0 Å². The molecule has 5 heteroatoms. The zero-order chi connectivity index (χ0) is 11.6. The molecule has 0 radical (unpaired) electrons. The molecule has 0 N–H and O–H groups in total. The molecule has 1 rings (SSSR count). The first-order valence-electron chi connectivity index (χ1n) is 4.89. The minimum absolute atomic E-state index is 0.0554. The van der Waals surface area contributed by atoms with Gasteiger partial charge in [0.2, 0.25) is 5.91 Å². The van der Waals surface area contributed by atoms with Gasteiger partial charge >= 0.3 is 0 Å². The lowest BCUT2D eigenvalue weighted by Crippen LogP contribution is -2.39. The van der Waals surface area contributed by atoms with Crippen LogP contribution in [0.4, 0.5) is 4.79 Å². The lowest BCUT2D eigenvalue weighted by molar-refractivity contribution is -0.125. The quantitative estimate of drug-likeness (QED) is 0.751. The van der Waals surface area contributed by atoms with Crippen molar-refractivity contribution in [2.75, 3.05) is 17.6 Å². The number of amides is 2. The summed E-state index contributed by atoms with van der Waals surface area (Å²) in [5, 5.41) is 0.702. The molecular formula is C10H16BrNO2S. The molecule has 3 nitrogen and oxygen atoms in total. The molecule has 0 aromatic rings. The van der Waals surface area contributed by atoms with E-state index in [-0.39, 0.29) is 16.6 Å². The summed E-state index contributed by atoms with van der Waals surface area (Å²) in [4.78, 5) is 24.2. The van der Waals surface area contributed by atoms with E-state index >= 15 is 0 Å². The number of carbonyl (C=O) groups is 2. The van der Waals surface area contributed by atoms with Gasteiger partial charge in [-0.2, -0.15) is 0 Å². The second kappa shape index (κ2) is 4.87. The molecular weight excluding hydrogens is 278 g/mol. The molecule has 0 spiro atoms. The van der Waals surface area contributed by atoms with Crippen LogP contribution in [-0.2, 0) is 4.79 Å². The standard InChI is InChI=1S/C10H16BrNO2S/c1-10(2,3)7(4-11)5-12-8(13)6-15-9(12)14/h7H,4-6H2,1-3H3. The molecule has 0 bridgehead atoms. The van der Waals surface area contributed by atoms with E-state index in [1.807, 2.05) is 0 Å². The number of nitrogens with zero attached hydrogens (tertiary/aromatic N) is 1. The SMILES string of the molecule is CC(C)(C)C(CBr)CN1C(=O)CSC1=O. The predicted molar refractivity (Wildman–Crippen MR) is 66.3 cm³/mol. The maximum absolute atomic E-state index is 11.4. The predicted octanol–water partition coefficient (Wildman–Crippen LogP) is 2.74. The number of carbonyl (C=O) groups excluding carboxylic acids is 2. The smallest absolute Gasteiger partial charge is 0.273 e. The molecule has 1 aliphatic heterocycles. The van der Waals surface area contributed by atoms with Crippen molar-refractivity contribution in [3.05, 3.63) is 0 Å². The fraction of sp³-hybridized carbons (Fsp3) is 0.800. The second-order valence-corrected chi connectivity index (χ2v) is 6.35. The van der Waals surface area contributed by atoms with Crippen LogP contribution in [-0.4, -0.2) is 33.7 Å². The van der Waals surface area contributed by atoms with Gasteiger partial charge in [-0.15, -0.1) is 0 Å². The van der Waals surface area contributed by atoms with Crippen LogP contribution >= 0.6 is 27.7 Å². The summed E-state index contributed by atoms with van der Waals surface area (Å²) in [6, 6.07) is 0. The summed E-state index contributed by atoms with van der Waals surface area (Å²) in [5.74, 6) is 0.544. The van der Waals surface area contributed by atoms with Gasteiger partial charge < -0.3 is 0 Å². The monoisotopic (exact) mass is 293 g/mol. The Kier molecular flexibility index (Phi) is 4.23. The Bertz CT molecular complexity index is 259. The van der Waals surface area contributed by atoms with Crippen LogP contribution in [0.1, 0.15) is 20.8 Å². The van der Waals surface area contributed by atoms with Gasteiger partial charge in [-0.05, 0) is 11.3 Å². The third-order valence-corrected chi connectivity index (χ3v) is 4.29. The van der Waals surface area contributed by atoms with E-state index in [9.17, 15) is 9.59 Å². The number of hydrogen-bond acceptors (Lipinski definition) is 3. The fourth-order valence-corrected chi connectivity index (χ4v) is 3.24. The molecule has 1 atom stereocenters. The summed E-state index contributed by atoms with van der Waals surface area (Å²) < 4.78 is 0. The molecule has 0 saturated carbocycles. The largest absolute Gasteiger partial charge is 0.288 e. The van der Waals surface area contributed by atoms with E-state index in [1.54, 1.807) is 0 Å². The first-order valence-corrected chi connectivity index (χ1v) is 7.00. The van der Waals surface area contributed by atoms with Crippen LogP contribution in [0.5, 0.6) is 0 Å². The van der Waals surface area contributed by atoms with E-state index in [4.69, 9.17) is 0 Å². The van der Waals surface area contributed by atoms with Crippen LogP contribution in [0.3, 0.4) is 0 Å². The van der Waals surface area contributed by atoms with Crippen molar-refractivity contribution in [3.63, 3.8) is 0 Å². The molecule has 0 aliphatic carbocycles. The first kappa shape index (κ1) is 13.0. The zero-order valence-electron chi connectivity index (χ0n) is 9.25. The van der Waals surface area contributed by atoms with Crippen molar-refractivity contribution in [2.24, 2.45) is 11.3 Å². The second-order valence-electron chi connectivity index (χ2n) is 4.78. The number of alkyl halides is 1. The summed E-state index contributed by atoms with van der Waals surface area (Å²) in [6.07, 6.45) is 0. The van der Waals surface area contributed by atoms with Gasteiger partial charge in [0.15, 0.2) is 0 Å². The Labute approximate surface area is 103 Å². The number of halogens is 1. The van der Waals surface area contributed by atoms with Crippen molar-refractivity contribution in [1.82, 2.24) is 4.90 Å². The molecule has 2 amide bonds. The molecule has 0 aromatic carbocycles. The third kappa shape index (κ3) is 3.21. The molecule has 1 aliphatic rings. The lowest BCUT2D eigenvalue weighted by Gasteiger charge is -2.31. The van der Waals surface area contributed by atoms with E-state index < -0.39 is 0 Å². The molecule has 86 valence electrons. The van der Waals surface area contributed by atoms with Crippen LogP contribution in [0, 0.1) is 11.3 Å². The van der Waals surface area contributed by atoms with E-state index in [0.717, 1.165) is 17.1 Å². The van der Waals surface area contributed by atoms with Crippen molar-refractivity contribution in [2.45, 2.75) is 20.8 Å². The normalized spacial score (nSPS) is 19.9. The minimum Gasteiger partial charge on any atom is -0.273 e. The maximum atomic E-state index is 11.4. The average Bonchev–Trinajstić information content (AvgIpc) is 2.41. The lowest BCUT2D eigenvalue weighted by atomic mass is 9.82. The number of thioether (sulfide) groups is 1. The minimum atomic E-state index is -0.102. The Hall–Kier alpha value is -0.0300. The van der Waals surface area contributed by atoms with E-state index in [0.29, 0.717) is 18.2 Å². The maximum Gasteiger partial charge on any atom is 0.288 e. The Morgan fingerprint density at radius 2 is 2.07 bits per heavy atom. The molecule has 1 unspecified atom stereocenters. The summed E-state index contributed by atoms with van der Waals surface area (Å²) in [5.41, 5.74) is 0.0946. The van der Waals surface area contributed by atoms with Crippen molar-refractivity contribution in [3.8, 4) is 0 Å². The summed E-state index contributed by atoms with van der Waals surface area (Å²) in [6.45, 7) is 6.89. The van der Waals surface area contributed by atoms with Gasteiger partial charge in [-0.3, -0.25) is 14.5 Å².